The van der Waals surface area contributed by atoms with E-state index in [1.54, 1.807) is 26.0 Å². The number of sulfone groups is 1. The highest BCUT2D eigenvalue weighted by atomic mass is 32.2. The van der Waals surface area contributed by atoms with Crippen LogP contribution in [0.25, 0.3) is 0 Å². The molecule has 106 valence electrons. The number of benzene rings is 1. The van der Waals surface area contributed by atoms with Gasteiger partial charge >= 0.3 is 0 Å². The second-order valence-electron chi connectivity index (χ2n) is 5.31. The van der Waals surface area contributed by atoms with Crippen molar-refractivity contribution < 1.29 is 13.5 Å². The van der Waals surface area contributed by atoms with Crippen LogP contribution in [0.4, 0.5) is 5.69 Å². The number of piperidine rings is 1. The van der Waals surface area contributed by atoms with E-state index < -0.39 is 15.1 Å². The van der Waals surface area contributed by atoms with Gasteiger partial charge in [0, 0.05) is 18.8 Å². The molecule has 1 saturated heterocycles. The second-order valence-corrected chi connectivity index (χ2v) is 7.81. The highest BCUT2D eigenvalue weighted by Gasteiger charge is 2.20. The number of aliphatic hydroxyl groups is 1. The summed E-state index contributed by atoms with van der Waals surface area (Å²) in [5.41, 5.74) is 1.02. The van der Waals surface area contributed by atoms with Gasteiger partial charge < -0.3 is 10.0 Å². The quantitative estimate of drug-likeness (QED) is 0.919. The normalized spacial score (nSPS) is 18.0. The molecule has 1 aromatic carbocycles. The van der Waals surface area contributed by atoms with Crippen molar-refractivity contribution in [1.82, 2.24) is 0 Å². The Labute approximate surface area is 115 Å². The van der Waals surface area contributed by atoms with Crippen molar-refractivity contribution in [2.45, 2.75) is 42.9 Å². The predicted molar refractivity (Wildman–Crippen MR) is 76.2 cm³/mol. The van der Waals surface area contributed by atoms with Crippen LogP contribution in [0.3, 0.4) is 0 Å². The summed E-state index contributed by atoms with van der Waals surface area (Å²) in [6.45, 7) is 5.01. The summed E-state index contributed by atoms with van der Waals surface area (Å²) in [6, 6.07) is 7.06. The summed E-state index contributed by atoms with van der Waals surface area (Å²) in [5.74, 6) is 0. The fourth-order valence-electron chi connectivity index (χ4n) is 2.24. The van der Waals surface area contributed by atoms with Crippen LogP contribution in [0.5, 0.6) is 0 Å². The lowest BCUT2D eigenvalue weighted by molar-refractivity contribution is 0.145. The van der Waals surface area contributed by atoms with Crippen LogP contribution in [-0.2, 0) is 9.84 Å². The third-order valence-corrected chi connectivity index (χ3v) is 5.79. The largest absolute Gasteiger partial charge is 0.393 e. The van der Waals surface area contributed by atoms with E-state index in [1.165, 1.54) is 0 Å². The third kappa shape index (κ3) is 3.09. The molecule has 0 saturated carbocycles. The zero-order valence-corrected chi connectivity index (χ0v) is 12.2. The molecule has 1 aliphatic heterocycles. The van der Waals surface area contributed by atoms with Crippen LogP contribution >= 0.6 is 0 Å². The monoisotopic (exact) mass is 283 g/mol. The number of nitrogens with zero attached hydrogens (tertiary/aromatic N) is 1. The van der Waals surface area contributed by atoms with Gasteiger partial charge in [-0.1, -0.05) is 0 Å². The molecule has 0 radical (unpaired) electrons. The van der Waals surface area contributed by atoms with Crippen molar-refractivity contribution in [3.8, 4) is 0 Å². The summed E-state index contributed by atoms with van der Waals surface area (Å²) in [5, 5.41) is 9.08. The lowest BCUT2D eigenvalue weighted by Crippen LogP contribution is -2.35. The number of rotatable bonds is 3. The van der Waals surface area contributed by atoms with Gasteiger partial charge in [0.15, 0.2) is 9.84 Å². The Morgan fingerprint density at radius 1 is 1.16 bits per heavy atom. The Hall–Kier alpha value is -1.07. The van der Waals surface area contributed by atoms with Crippen LogP contribution in [0, 0.1) is 0 Å². The van der Waals surface area contributed by atoms with Crippen LogP contribution in [0.2, 0.25) is 0 Å². The number of hydrogen-bond acceptors (Lipinski definition) is 4. The third-order valence-electron chi connectivity index (χ3n) is 3.62. The molecule has 0 aliphatic carbocycles. The number of aliphatic hydroxyl groups excluding tert-OH is 1. The highest BCUT2D eigenvalue weighted by molar-refractivity contribution is 7.92. The highest BCUT2D eigenvalue weighted by Crippen LogP contribution is 2.23. The fraction of sp³-hybridized carbons (Fsp3) is 0.571. The molecule has 1 N–H and O–H groups in total. The summed E-state index contributed by atoms with van der Waals surface area (Å²) in [7, 11) is -3.19. The molecule has 19 heavy (non-hydrogen) atoms. The lowest BCUT2D eigenvalue weighted by Gasteiger charge is -2.31. The Morgan fingerprint density at radius 3 is 2.16 bits per heavy atom. The van der Waals surface area contributed by atoms with Crippen molar-refractivity contribution in [1.29, 1.82) is 0 Å². The van der Waals surface area contributed by atoms with Crippen LogP contribution < -0.4 is 4.90 Å². The van der Waals surface area contributed by atoms with Crippen LogP contribution in [-0.4, -0.2) is 38.0 Å². The van der Waals surface area contributed by atoms with E-state index in [0.717, 1.165) is 31.6 Å². The summed E-state index contributed by atoms with van der Waals surface area (Å²) >= 11 is 0. The summed E-state index contributed by atoms with van der Waals surface area (Å²) in [4.78, 5) is 2.56. The first-order valence-electron chi connectivity index (χ1n) is 6.68. The Bertz CT molecular complexity index is 514. The van der Waals surface area contributed by atoms with E-state index in [4.69, 9.17) is 0 Å². The summed E-state index contributed by atoms with van der Waals surface area (Å²) in [6.07, 6.45) is 1.34. The fourth-order valence-corrected chi connectivity index (χ4v) is 3.30. The van der Waals surface area contributed by atoms with E-state index in [2.05, 4.69) is 4.90 Å². The topological polar surface area (TPSA) is 57.6 Å². The van der Waals surface area contributed by atoms with Gasteiger partial charge in [0.2, 0.25) is 0 Å². The molecular weight excluding hydrogens is 262 g/mol. The molecule has 0 unspecified atom stereocenters. The maximum absolute atomic E-state index is 12.0. The average Bonchev–Trinajstić information content (AvgIpc) is 2.39. The molecule has 0 amide bonds. The second kappa shape index (κ2) is 5.51. The lowest BCUT2D eigenvalue weighted by atomic mass is 10.1. The van der Waals surface area contributed by atoms with Crippen molar-refractivity contribution in [3.63, 3.8) is 0 Å². The first-order chi connectivity index (χ1) is 8.91. The zero-order valence-electron chi connectivity index (χ0n) is 11.4. The minimum absolute atomic E-state index is 0.197. The first-order valence-corrected chi connectivity index (χ1v) is 8.23. The standard InChI is InChI=1S/C14H21NO3S/c1-11(2)19(17,18)14-5-3-12(4-6-14)15-9-7-13(16)8-10-15/h3-6,11,13,16H,7-10H2,1-2H3. The maximum Gasteiger partial charge on any atom is 0.180 e. The first kappa shape index (κ1) is 14.3. The van der Waals surface area contributed by atoms with Gasteiger partial charge in [0.1, 0.15) is 0 Å². The molecule has 2 rings (SSSR count). The zero-order chi connectivity index (χ0) is 14.0. The van der Waals surface area contributed by atoms with Crippen molar-refractivity contribution >= 4 is 15.5 Å². The SMILES string of the molecule is CC(C)S(=O)(=O)c1ccc(N2CCC(O)CC2)cc1. The minimum atomic E-state index is -3.19. The van der Waals surface area contributed by atoms with Crippen molar-refractivity contribution in [2.24, 2.45) is 0 Å². The van der Waals surface area contributed by atoms with Crippen LogP contribution in [0.1, 0.15) is 26.7 Å². The van der Waals surface area contributed by atoms with Crippen molar-refractivity contribution in [3.05, 3.63) is 24.3 Å². The van der Waals surface area contributed by atoms with E-state index in [-0.39, 0.29) is 6.10 Å². The molecule has 1 aliphatic rings. The average molecular weight is 283 g/mol. The molecule has 1 aromatic rings. The van der Waals surface area contributed by atoms with Crippen molar-refractivity contribution in [2.75, 3.05) is 18.0 Å². The van der Waals surface area contributed by atoms with E-state index in [1.807, 2.05) is 12.1 Å². The molecule has 1 heterocycles. The van der Waals surface area contributed by atoms with Gasteiger partial charge in [-0.15, -0.1) is 0 Å². The summed E-state index contributed by atoms with van der Waals surface area (Å²) < 4.78 is 24.0. The van der Waals surface area contributed by atoms with Gasteiger partial charge in [0.25, 0.3) is 0 Å². The van der Waals surface area contributed by atoms with Gasteiger partial charge in [-0.3, -0.25) is 0 Å². The minimum Gasteiger partial charge on any atom is -0.393 e. The smallest absolute Gasteiger partial charge is 0.180 e. The molecule has 5 heteroatoms. The maximum atomic E-state index is 12.0. The molecule has 0 spiro atoms. The molecule has 0 bridgehead atoms. The van der Waals surface area contributed by atoms with Gasteiger partial charge in [-0.2, -0.15) is 0 Å². The predicted octanol–water partition coefficient (Wildman–Crippen LogP) is 1.83. The number of hydrogen-bond donors (Lipinski definition) is 1. The Balaban J connectivity index is 2.15. The molecule has 4 nitrogen and oxygen atoms in total. The Morgan fingerprint density at radius 2 is 1.68 bits per heavy atom. The van der Waals surface area contributed by atoms with Crippen LogP contribution in [0.15, 0.2) is 29.2 Å². The van der Waals surface area contributed by atoms with E-state index in [9.17, 15) is 13.5 Å². The van der Waals surface area contributed by atoms with Gasteiger partial charge in [0.05, 0.1) is 16.2 Å². The number of anilines is 1. The van der Waals surface area contributed by atoms with Gasteiger partial charge in [-0.25, -0.2) is 8.42 Å². The molecule has 0 aromatic heterocycles. The van der Waals surface area contributed by atoms with E-state index >= 15 is 0 Å². The van der Waals surface area contributed by atoms with Gasteiger partial charge in [-0.05, 0) is 51.0 Å². The van der Waals surface area contributed by atoms with E-state index in [0.29, 0.717) is 4.90 Å². The molecule has 1 fully saturated rings. The molecule has 0 atom stereocenters. The Kier molecular flexibility index (Phi) is 4.16. The molecular formula is C14H21NO3S.